The molecule has 3 aromatic rings. The van der Waals surface area contributed by atoms with Gasteiger partial charge in [-0.3, -0.25) is 19.1 Å². The molecule has 4 amide bonds. The number of carbonyl (C=O) groups is 4. The number of rotatable bonds is 11. The molecule has 2 aromatic heterocycles. The number of ether oxygens (including phenoxy) is 2. The van der Waals surface area contributed by atoms with Crippen LogP contribution in [0.4, 0.5) is 4.79 Å². The second kappa shape index (κ2) is 14.0. The smallest absolute Gasteiger partial charge is 0.408 e. The fourth-order valence-electron chi connectivity index (χ4n) is 6.66. The number of aryl methyl sites for hydroxylation is 1. The maximum atomic E-state index is 14.6. The van der Waals surface area contributed by atoms with Crippen molar-refractivity contribution < 1.29 is 41.6 Å². The van der Waals surface area contributed by atoms with E-state index >= 15 is 0 Å². The number of fused-ring (bicyclic) bond motifs is 1. The number of hydrogen-bond donors (Lipinski definition) is 3. The highest BCUT2D eigenvalue weighted by Crippen LogP contribution is 2.46. The summed E-state index contributed by atoms with van der Waals surface area (Å²) in [5.74, 6) is -2.37. The van der Waals surface area contributed by atoms with Crippen molar-refractivity contribution in [2.75, 3.05) is 6.54 Å². The predicted octanol–water partition coefficient (Wildman–Crippen LogP) is 4.16. The van der Waals surface area contributed by atoms with Crippen LogP contribution in [-0.4, -0.2) is 88.4 Å². The van der Waals surface area contributed by atoms with Gasteiger partial charge in [0.1, 0.15) is 40.5 Å². The van der Waals surface area contributed by atoms with E-state index in [2.05, 4.69) is 27.1 Å². The SMILES string of the molecule is C=CC1CC1(NC(=O)[C@@H]1C[C@@H](Oc2cc(-c3ccccc3)nc3c(C)noc23)CN1C(=O)[C@@H](NC(=O)OC(C)(C)C)C(C)(C)C)C(=O)NS(=O)(=O)C1CC1. The van der Waals surface area contributed by atoms with Crippen molar-refractivity contribution in [3.05, 3.63) is 54.7 Å². The number of hydrogen-bond acceptors (Lipinski definition) is 11. The number of sulfonamides is 1. The molecule has 5 atom stereocenters. The normalized spacial score (nSPS) is 23.3. The molecule has 290 valence electrons. The van der Waals surface area contributed by atoms with Gasteiger partial charge >= 0.3 is 6.09 Å². The third-order valence-corrected chi connectivity index (χ3v) is 11.6. The number of benzene rings is 1. The first-order valence-corrected chi connectivity index (χ1v) is 19.6. The monoisotopic (exact) mass is 764 g/mol. The van der Waals surface area contributed by atoms with E-state index in [1.807, 2.05) is 30.3 Å². The topological polar surface area (TPSA) is 199 Å². The Morgan fingerprint density at radius 1 is 1.09 bits per heavy atom. The molecule has 15 nitrogen and oxygen atoms in total. The molecule has 3 heterocycles. The molecular weight excluding hydrogens is 717 g/mol. The highest BCUT2D eigenvalue weighted by Gasteiger charge is 2.62. The lowest BCUT2D eigenvalue weighted by atomic mass is 9.85. The van der Waals surface area contributed by atoms with E-state index in [4.69, 9.17) is 19.0 Å². The van der Waals surface area contributed by atoms with Gasteiger partial charge in [0.25, 0.3) is 5.91 Å². The molecular formula is C38H48N6O9S. The summed E-state index contributed by atoms with van der Waals surface area (Å²) in [6, 6.07) is 8.84. The van der Waals surface area contributed by atoms with Crippen molar-refractivity contribution >= 4 is 44.9 Å². The van der Waals surface area contributed by atoms with Crippen molar-refractivity contribution in [3.63, 3.8) is 0 Å². The summed E-state index contributed by atoms with van der Waals surface area (Å²) < 4.78 is 45.2. The summed E-state index contributed by atoms with van der Waals surface area (Å²) in [7, 11) is -3.92. The highest BCUT2D eigenvalue weighted by molar-refractivity contribution is 7.91. The van der Waals surface area contributed by atoms with Gasteiger partial charge in [-0.1, -0.05) is 62.3 Å². The maximum Gasteiger partial charge on any atom is 0.408 e. The van der Waals surface area contributed by atoms with E-state index in [-0.39, 0.29) is 25.0 Å². The zero-order chi connectivity index (χ0) is 39.4. The Kier molecular flexibility index (Phi) is 10.1. The maximum absolute atomic E-state index is 14.6. The largest absolute Gasteiger partial charge is 0.484 e. The van der Waals surface area contributed by atoms with Crippen molar-refractivity contribution in [1.82, 2.24) is 30.4 Å². The quantitative estimate of drug-likeness (QED) is 0.237. The van der Waals surface area contributed by atoms with Crippen LogP contribution in [0.2, 0.25) is 0 Å². The van der Waals surface area contributed by atoms with Crippen LogP contribution in [-0.2, 0) is 29.1 Å². The van der Waals surface area contributed by atoms with E-state index in [0.717, 1.165) is 5.56 Å². The molecule has 0 radical (unpaired) electrons. The standard InChI is InChI=1S/C38H48N6O9S/c1-9-23-19-38(23,34(47)43-54(49,50)25-15-16-25)41-32(45)27-17-24(20-44(27)33(46)31(36(3,4)5)40-35(48)52-37(6,7)8)51-28-18-26(22-13-11-10-12-14-22)39-29-21(2)42-53-30(28)29/h9-14,18,23-25,27,31H,1,15-17,19-20H2,2-8H3,(H,40,48)(H,41,45)(H,43,47)/t23?,24-,27+,31-,38?/m1/s1. The number of amides is 4. The zero-order valence-electron chi connectivity index (χ0n) is 31.6. The summed E-state index contributed by atoms with van der Waals surface area (Å²) in [4.78, 5) is 61.5. The summed E-state index contributed by atoms with van der Waals surface area (Å²) >= 11 is 0. The minimum atomic E-state index is -3.92. The van der Waals surface area contributed by atoms with Crippen molar-refractivity contribution in [2.45, 2.75) is 109 Å². The van der Waals surface area contributed by atoms with Crippen molar-refractivity contribution in [3.8, 4) is 17.0 Å². The average molecular weight is 765 g/mol. The lowest BCUT2D eigenvalue weighted by Crippen LogP contribution is -2.60. The Morgan fingerprint density at radius 2 is 1.78 bits per heavy atom. The first-order chi connectivity index (χ1) is 25.2. The lowest BCUT2D eigenvalue weighted by Gasteiger charge is -2.36. The van der Waals surface area contributed by atoms with Crippen LogP contribution >= 0.6 is 0 Å². The molecule has 1 saturated heterocycles. The lowest BCUT2D eigenvalue weighted by molar-refractivity contribution is -0.143. The molecule has 1 aromatic carbocycles. The molecule has 3 aliphatic rings. The minimum Gasteiger partial charge on any atom is -0.484 e. The summed E-state index contributed by atoms with van der Waals surface area (Å²) in [5.41, 5.74) is -0.524. The molecule has 1 aliphatic heterocycles. The van der Waals surface area contributed by atoms with E-state index in [1.54, 1.807) is 54.5 Å². The van der Waals surface area contributed by atoms with Crippen LogP contribution < -0.4 is 20.1 Å². The van der Waals surface area contributed by atoms with Gasteiger partial charge in [-0.25, -0.2) is 18.2 Å². The average Bonchev–Trinajstić information content (AvgIpc) is 3.99. The predicted molar refractivity (Wildman–Crippen MR) is 198 cm³/mol. The third kappa shape index (κ3) is 8.08. The Hall–Kier alpha value is -4.99. The number of nitrogens with one attached hydrogen (secondary N) is 3. The Balaban J connectivity index is 1.33. The van der Waals surface area contributed by atoms with Crippen LogP contribution in [0.15, 0.2) is 53.6 Å². The van der Waals surface area contributed by atoms with Crippen molar-refractivity contribution in [2.24, 2.45) is 11.3 Å². The number of nitrogens with zero attached hydrogens (tertiary/aromatic N) is 3. The molecule has 2 unspecified atom stereocenters. The molecule has 0 spiro atoms. The number of pyridine rings is 1. The van der Waals surface area contributed by atoms with Gasteiger partial charge in [0.15, 0.2) is 5.75 Å². The first kappa shape index (κ1) is 38.7. The van der Waals surface area contributed by atoms with Gasteiger partial charge in [-0.15, -0.1) is 6.58 Å². The molecule has 0 bridgehead atoms. The third-order valence-electron chi connectivity index (χ3n) is 9.79. The van der Waals surface area contributed by atoms with Crippen LogP contribution in [0, 0.1) is 18.3 Å². The Morgan fingerprint density at radius 3 is 2.37 bits per heavy atom. The second-order valence-electron chi connectivity index (χ2n) is 16.4. The number of carbonyl (C=O) groups excluding carboxylic acids is 4. The van der Waals surface area contributed by atoms with E-state index in [0.29, 0.717) is 35.5 Å². The molecule has 16 heteroatoms. The Bertz CT molecular complexity index is 2080. The number of likely N-dealkylation sites (tertiary alicyclic amines) is 1. The summed E-state index contributed by atoms with van der Waals surface area (Å²) in [6.45, 7) is 15.9. The van der Waals surface area contributed by atoms with Gasteiger partial charge in [0, 0.05) is 24.0 Å². The van der Waals surface area contributed by atoms with Crippen LogP contribution in [0.25, 0.3) is 22.4 Å². The molecule has 54 heavy (non-hydrogen) atoms. The summed E-state index contributed by atoms with van der Waals surface area (Å²) in [6.07, 6.45) is 0.911. The highest BCUT2D eigenvalue weighted by atomic mass is 32.2. The fourth-order valence-corrected chi connectivity index (χ4v) is 8.02. The summed E-state index contributed by atoms with van der Waals surface area (Å²) in [5, 5.41) is 8.92. The van der Waals surface area contributed by atoms with Gasteiger partial charge in [-0.05, 0) is 52.4 Å². The zero-order valence-corrected chi connectivity index (χ0v) is 32.4. The second-order valence-corrected chi connectivity index (χ2v) is 18.4. The molecule has 6 rings (SSSR count). The van der Waals surface area contributed by atoms with Gasteiger partial charge in [-0.2, -0.15) is 0 Å². The van der Waals surface area contributed by atoms with Crippen LogP contribution in [0.5, 0.6) is 5.75 Å². The van der Waals surface area contributed by atoms with Gasteiger partial charge < -0.3 is 29.5 Å². The first-order valence-electron chi connectivity index (χ1n) is 18.0. The van der Waals surface area contributed by atoms with Crippen LogP contribution in [0.1, 0.15) is 72.9 Å². The van der Waals surface area contributed by atoms with E-state index in [1.165, 1.54) is 11.0 Å². The van der Waals surface area contributed by atoms with Gasteiger partial charge in [0.2, 0.25) is 27.4 Å². The minimum absolute atomic E-state index is 0.0185. The molecule has 2 aliphatic carbocycles. The van der Waals surface area contributed by atoms with E-state index < -0.39 is 79.7 Å². The molecule has 2 saturated carbocycles. The molecule has 3 fully saturated rings. The number of aromatic nitrogens is 2. The number of alkyl carbamates (subject to hydrolysis) is 1. The van der Waals surface area contributed by atoms with E-state index in [9.17, 15) is 27.6 Å². The molecule has 3 N–H and O–H groups in total. The van der Waals surface area contributed by atoms with Crippen molar-refractivity contribution in [1.29, 1.82) is 0 Å². The Labute approximate surface area is 314 Å². The van der Waals surface area contributed by atoms with Crippen LogP contribution in [0.3, 0.4) is 0 Å². The van der Waals surface area contributed by atoms with Gasteiger partial charge in [0.05, 0.1) is 17.5 Å². The fraction of sp³-hybridized carbons (Fsp3) is 0.526.